The van der Waals surface area contributed by atoms with Gasteiger partial charge in [-0.05, 0) is 30.3 Å². The molecule has 0 saturated heterocycles. The van der Waals surface area contributed by atoms with Crippen LogP contribution >= 0.6 is 0 Å². The molecule has 0 spiro atoms. The standard InChI is InChI=1S/C18H17FN2O5/c1-20-17(23)11-4-3-5-12(8-11)21-16(22)10-26-18(24)14-7-6-13(25-2)9-15(14)19/h3-9H,10H2,1-2H3,(H,20,23)(H,21,22). The molecular formula is C18H17FN2O5. The van der Waals surface area contributed by atoms with Crippen LogP contribution in [-0.2, 0) is 9.53 Å². The van der Waals surface area contributed by atoms with Gasteiger partial charge >= 0.3 is 5.97 Å². The fraction of sp³-hybridized carbons (Fsp3) is 0.167. The molecule has 0 bridgehead atoms. The molecule has 2 aromatic carbocycles. The number of anilines is 1. The van der Waals surface area contributed by atoms with Gasteiger partial charge in [0, 0.05) is 24.4 Å². The summed E-state index contributed by atoms with van der Waals surface area (Å²) in [4.78, 5) is 35.3. The van der Waals surface area contributed by atoms with Crippen LogP contribution in [0.4, 0.5) is 10.1 Å². The smallest absolute Gasteiger partial charge is 0.341 e. The fourth-order valence-corrected chi connectivity index (χ4v) is 2.08. The van der Waals surface area contributed by atoms with Gasteiger partial charge in [-0.25, -0.2) is 9.18 Å². The Morgan fingerprint density at radius 1 is 1.12 bits per heavy atom. The minimum atomic E-state index is -0.973. The molecule has 0 aliphatic rings. The first kappa shape index (κ1) is 18.9. The van der Waals surface area contributed by atoms with Crippen LogP contribution in [-0.4, -0.2) is 38.5 Å². The number of carbonyl (C=O) groups is 3. The highest BCUT2D eigenvalue weighted by molar-refractivity contribution is 5.98. The average molecular weight is 360 g/mol. The number of nitrogens with one attached hydrogen (secondary N) is 2. The van der Waals surface area contributed by atoms with Gasteiger partial charge in [0.2, 0.25) is 0 Å². The SMILES string of the molecule is CNC(=O)c1cccc(NC(=O)COC(=O)c2ccc(OC)cc2F)c1. The number of methoxy groups -OCH3 is 1. The van der Waals surface area contributed by atoms with Crippen LogP contribution in [0.25, 0.3) is 0 Å². The molecule has 0 heterocycles. The molecule has 136 valence electrons. The lowest BCUT2D eigenvalue weighted by Gasteiger charge is -2.09. The van der Waals surface area contributed by atoms with Crippen molar-refractivity contribution in [1.29, 1.82) is 0 Å². The molecule has 2 amide bonds. The van der Waals surface area contributed by atoms with Crippen molar-refractivity contribution in [3.63, 3.8) is 0 Å². The second kappa shape index (κ2) is 8.61. The lowest BCUT2D eigenvalue weighted by molar-refractivity contribution is -0.119. The highest BCUT2D eigenvalue weighted by Gasteiger charge is 2.16. The van der Waals surface area contributed by atoms with E-state index in [0.717, 1.165) is 6.07 Å². The minimum Gasteiger partial charge on any atom is -0.497 e. The molecule has 7 nitrogen and oxygen atoms in total. The molecule has 2 aromatic rings. The second-order valence-corrected chi connectivity index (χ2v) is 5.13. The summed E-state index contributed by atoms with van der Waals surface area (Å²) in [6, 6.07) is 9.89. The molecule has 0 saturated carbocycles. The molecule has 0 aliphatic heterocycles. The van der Waals surface area contributed by atoms with Gasteiger partial charge in [0.25, 0.3) is 11.8 Å². The third kappa shape index (κ3) is 4.79. The number of amides is 2. The fourth-order valence-electron chi connectivity index (χ4n) is 2.08. The molecule has 0 fully saturated rings. The van der Waals surface area contributed by atoms with Crippen LogP contribution in [0.1, 0.15) is 20.7 Å². The van der Waals surface area contributed by atoms with Crippen molar-refractivity contribution in [3.05, 3.63) is 59.4 Å². The molecule has 0 radical (unpaired) electrons. The molecule has 0 unspecified atom stereocenters. The Kier molecular flexibility index (Phi) is 6.26. The van der Waals surface area contributed by atoms with Crippen molar-refractivity contribution >= 4 is 23.5 Å². The maximum atomic E-state index is 13.8. The monoisotopic (exact) mass is 360 g/mol. The zero-order valence-corrected chi connectivity index (χ0v) is 14.2. The van der Waals surface area contributed by atoms with Crippen molar-refractivity contribution < 1.29 is 28.2 Å². The Labute approximate surface area is 149 Å². The number of ether oxygens (including phenoxy) is 2. The van der Waals surface area contributed by atoms with E-state index in [1.807, 2.05) is 0 Å². The Morgan fingerprint density at radius 2 is 1.88 bits per heavy atom. The summed E-state index contributed by atoms with van der Waals surface area (Å²) in [6.07, 6.45) is 0. The third-order valence-corrected chi connectivity index (χ3v) is 3.37. The summed E-state index contributed by atoms with van der Waals surface area (Å²) in [5.41, 5.74) is 0.422. The van der Waals surface area contributed by atoms with Crippen molar-refractivity contribution in [3.8, 4) is 5.75 Å². The van der Waals surface area contributed by atoms with Gasteiger partial charge in [-0.15, -0.1) is 0 Å². The molecule has 2 N–H and O–H groups in total. The van der Waals surface area contributed by atoms with Gasteiger partial charge in [-0.1, -0.05) is 6.07 Å². The summed E-state index contributed by atoms with van der Waals surface area (Å²) in [5.74, 6) is -2.45. The van der Waals surface area contributed by atoms with E-state index in [9.17, 15) is 18.8 Å². The molecule has 0 aliphatic carbocycles. The van der Waals surface area contributed by atoms with E-state index in [4.69, 9.17) is 9.47 Å². The van der Waals surface area contributed by atoms with Gasteiger partial charge < -0.3 is 20.1 Å². The van der Waals surface area contributed by atoms with Crippen molar-refractivity contribution in [2.24, 2.45) is 0 Å². The van der Waals surface area contributed by atoms with Crippen LogP contribution in [0, 0.1) is 5.82 Å². The zero-order chi connectivity index (χ0) is 19.1. The molecule has 26 heavy (non-hydrogen) atoms. The Morgan fingerprint density at radius 3 is 2.54 bits per heavy atom. The van der Waals surface area contributed by atoms with E-state index >= 15 is 0 Å². The van der Waals surface area contributed by atoms with Gasteiger partial charge in [-0.3, -0.25) is 9.59 Å². The number of hydrogen-bond donors (Lipinski definition) is 2. The van der Waals surface area contributed by atoms with E-state index in [2.05, 4.69) is 10.6 Å². The summed E-state index contributed by atoms with van der Waals surface area (Å²) in [7, 11) is 2.86. The third-order valence-electron chi connectivity index (χ3n) is 3.37. The quantitative estimate of drug-likeness (QED) is 0.769. The number of carbonyl (C=O) groups excluding carboxylic acids is 3. The van der Waals surface area contributed by atoms with Crippen LogP contribution in [0.2, 0.25) is 0 Å². The van der Waals surface area contributed by atoms with Crippen molar-refractivity contribution in [2.45, 2.75) is 0 Å². The van der Waals surface area contributed by atoms with Crippen LogP contribution in [0.5, 0.6) is 5.75 Å². The highest BCUT2D eigenvalue weighted by atomic mass is 19.1. The van der Waals surface area contributed by atoms with E-state index in [1.54, 1.807) is 18.2 Å². The lowest BCUT2D eigenvalue weighted by Crippen LogP contribution is -2.22. The first-order valence-electron chi connectivity index (χ1n) is 7.57. The second-order valence-electron chi connectivity index (χ2n) is 5.13. The summed E-state index contributed by atoms with van der Waals surface area (Å²) < 4.78 is 23.4. The predicted molar refractivity (Wildman–Crippen MR) is 91.7 cm³/mol. The van der Waals surface area contributed by atoms with Crippen LogP contribution in [0.15, 0.2) is 42.5 Å². The maximum absolute atomic E-state index is 13.8. The molecule has 8 heteroatoms. The topological polar surface area (TPSA) is 93.7 Å². The maximum Gasteiger partial charge on any atom is 0.341 e. The first-order valence-corrected chi connectivity index (χ1v) is 7.57. The zero-order valence-electron chi connectivity index (χ0n) is 14.2. The minimum absolute atomic E-state index is 0.257. The summed E-state index contributed by atoms with van der Waals surface area (Å²) in [5, 5.41) is 4.96. The van der Waals surface area contributed by atoms with E-state index < -0.39 is 24.3 Å². The van der Waals surface area contributed by atoms with Crippen molar-refractivity contribution in [2.75, 3.05) is 26.1 Å². The van der Waals surface area contributed by atoms with E-state index in [0.29, 0.717) is 11.3 Å². The Bertz CT molecular complexity index is 838. The van der Waals surface area contributed by atoms with Crippen molar-refractivity contribution in [1.82, 2.24) is 5.32 Å². The number of esters is 1. The van der Waals surface area contributed by atoms with Crippen LogP contribution in [0.3, 0.4) is 0 Å². The van der Waals surface area contributed by atoms with Gasteiger partial charge in [0.05, 0.1) is 12.7 Å². The highest BCUT2D eigenvalue weighted by Crippen LogP contribution is 2.17. The van der Waals surface area contributed by atoms with Gasteiger partial charge in [0.15, 0.2) is 6.61 Å². The predicted octanol–water partition coefficient (Wildman–Crippen LogP) is 1.99. The normalized spacial score (nSPS) is 9.96. The molecule has 2 rings (SSSR count). The number of hydrogen-bond acceptors (Lipinski definition) is 5. The van der Waals surface area contributed by atoms with Crippen LogP contribution < -0.4 is 15.4 Å². The van der Waals surface area contributed by atoms with E-state index in [-0.39, 0.29) is 17.2 Å². The number of rotatable bonds is 6. The largest absolute Gasteiger partial charge is 0.497 e. The molecular weight excluding hydrogens is 343 g/mol. The number of benzene rings is 2. The Balaban J connectivity index is 1.94. The molecule has 0 aromatic heterocycles. The lowest BCUT2D eigenvalue weighted by atomic mass is 10.2. The number of halogens is 1. The molecule has 0 atom stereocenters. The Hall–Kier alpha value is -3.42. The first-order chi connectivity index (χ1) is 12.4. The van der Waals surface area contributed by atoms with Gasteiger partial charge in [-0.2, -0.15) is 0 Å². The summed E-state index contributed by atoms with van der Waals surface area (Å²) in [6.45, 7) is -0.603. The average Bonchev–Trinajstić information content (AvgIpc) is 2.65. The van der Waals surface area contributed by atoms with Gasteiger partial charge in [0.1, 0.15) is 11.6 Å². The van der Waals surface area contributed by atoms with E-state index in [1.165, 1.54) is 32.4 Å². The summed E-state index contributed by atoms with van der Waals surface area (Å²) >= 11 is 0.